The van der Waals surface area contributed by atoms with Crippen LogP contribution in [0.1, 0.15) is 45.4 Å². The molecule has 1 aliphatic carbocycles. The highest BCUT2D eigenvalue weighted by atomic mass is 127. The van der Waals surface area contributed by atoms with Crippen LogP contribution >= 0.6 is 24.0 Å². The molecule has 0 aromatic rings. The first-order valence-electron chi connectivity index (χ1n) is 9.09. The first-order chi connectivity index (χ1) is 11.7. The van der Waals surface area contributed by atoms with Crippen molar-refractivity contribution >= 4 is 35.8 Å². The van der Waals surface area contributed by atoms with Crippen molar-refractivity contribution in [3.63, 3.8) is 0 Å². The van der Waals surface area contributed by atoms with E-state index < -0.39 is 18.6 Å². The molecule has 1 heterocycles. The summed E-state index contributed by atoms with van der Waals surface area (Å²) in [5, 5.41) is 3.17. The second-order valence-electron chi connectivity index (χ2n) is 7.27. The maximum absolute atomic E-state index is 12.4. The number of rotatable bonds is 4. The molecule has 0 radical (unpaired) electrons. The van der Waals surface area contributed by atoms with E-state index in [-0.39, 0.29) is 30.5 Å². The molecule has 1 amide bonds. The summed E-state index contributed by atoms with van der Waals surface area (Å²) < 4.78 is 37.2. The number of likely N-dealkylation sites (tertiary alicyclic amines) is 1. The quantitative estimate of drug-likeness (QED) is 0.374. The number of guanidine groups is 1. The summed E-state index contributed by atoms with van der Waals surface area (Å²) in [7, 11) is 1.16. The van der Waals surface area contributed by atoms with Crippen molar-refractivity contribution in [3.8, 4) is 0 Å². The standard InChI is InChI=1S/C17H29F3N4O.HI/c1-3-21-15(22-11-14(25)23(2)13-17(18,19)20)24-10-9-16(12-24)7-5-4-6-8-16;/h3-13H2,1-2H3,(H,21,22);1H. The smallest absolute Gasteiger partial charge is 0.357 e. The van der Waals surface area contributed by atoms with Gasteiger partial charge in [0.25, 0.3) is 0 Å². The average molecular weight is 490 g/mol. The highest BCUT2D eigenvalue weighted by Crippen LogP contribution is 2.43. The molecule has 2 aliphatic rings. The minimum atomic E-state index is -4.39. The number of carbonyl (C=O) groups excluding carboxylic acids is 1. The van der Waals surface area contributed by atoms with Crippen LogP contribution < -0.4 is 5.32 Å². The molecular formula is C17H30F3IN4O. The SMILES string of the molecule is CCNC(=NCC(=O)N(C)CC(F)(F)F)N1CCC2(CCCCC2)C1.I. The third kappa shape index (κ3) is 6.77. The van der Waals surface area contributed by atoms with Crippen molar-refractivity contribution in [2.24, 2.45) is 10.4 Å². The van der Waals surface area contributed by atoms with Crippen LogP contribution in [0.3, 0.4) is 0 Å². The molecule has 1 N–H and O–H groups in total. The lowest BCUT2D eigenvalue weighted by atomic mass is 9.73. The fourth-order valence-electron chi connectivity index (χ4n) is 3.87. The summed E-state index contributed by atoms with van der Waals surface area (Å²) in [6.07, 6.45) is 3.03. The molecule has 1 aliphatic heterocycles. The Bertz CT molecular complexity index is 493. The first kappa shape index (κ1) is 23.3. The Morgan fingerprint density at radius 3 is 2.46 bits per heavy atom. The monoisotopic (exact) mass is 490 g/mol. The van der Waals surface area contributed by atoms with Gasteiger partial charge in [0.2, 0.25) is 5.91 Å². The fraction of sp³-hybridized carbons (Fsp3) is 0.882. The lowest BCUT2D eigenvalue weighted by Crippen LogP contribution is -2.43. The normalized spacial score (nSPS) is 20.0. The molecule has 2 rings (SSSR count). The minimum Gasteiger partial charge on any atom is -0.357 e. The van der Waals surface area contributed by atoms with Crippen molar-refractivity contribution in [1.29, 1.82) is 0 Å². The molecule has 5 nitrogen and oxygen atoms in total. The second kappa shape index (κ2) is 9.98. The van der Waals surface area contributed by atoms with Gasteiger partial charge in [0.05, 0.1) is 0 Å². The predicted octanol–water partition coefficient (Wildman–Crippen LogP) is 3.25. The van der Waals surface area contributed by atoms with Crippen LogP contribution in [0.15, 0.2) is 4.99 Å². The molecule has 0 bridgehead atoms. The molecule has 152 valence electrons. The van der Waals surface area contributed by atoms with Crippen LogP contribution in [-0.2, 0) is 4.79 Å². The molecule has 0 aromatic carbocycles. The third-order valence-corrected chi connectivity index (χ3v) is 5.19. The van der Waals surface area contributed by atoms with Crippen molar-refractivity contribution in [1.82, 2.24) is 15.1 Å². The Morgan fingerprint density at radius 1 is 1.23 bits per heavy atom. The maximum atomic E-state index is 12.4. The highest BCUT2D eigenvalue weighted by Gasteiger charge is 2.39. The third-order valence-electron chi connectivity index (χ3n) is 5.19. The van der Waals surface area contributed by atoms with E-state index in [1.807, 2.05) is 6.92 Å². The molecular weight excluding hydrogens is 460 g/mol. The molecule has 9 heteroatoms. The molecule has 1 saturated heterocycles. The maximum Gasteiger partial charge on any atom is 0.406 e. The number of hydrogen-bond acceptors (Lipinski definition) is 2. The Hall–Kier alpha value is -0.740. The number of halogens is 4. The fourth-order valence-corrected chi connectivity index (χ4v) is 3.87. The topological polar surface area (TPSA) is 47.9 Å². The van der Waals surface area contributed by atoms with Crippen LogP contribution in [0.2, 0.25) is 0 Å². The zero-order valence-corrected chi connectivity index (χ0v) is 17.9. The van der Waals surface area contributed by atoms with Crippen molar-refractivity contribution in [3.05, 3.63) is 0 Å². The summed E-state index contributed by atoms with van der Waals surface area (Å²) in [6, 6.07) is 0. The van der Waals surface area contributed by atoms with Gasteiger partial charge in [-0.25, -0.2) is 4.99 Å². The zero-order chi connectivity index (χ0) is 18.5. The number of alkyl halides is 3. The van der Waals surface area contributed by atoms with Gasteiger partial charge in [-0.05, 0) is 31.6 Å². The van der Waals surface area contributed by atoms with Crippen molar-refractivity contribution in [2.75, 3.05) is 39.8 Å². The molecule has 0 aromatic heterocycles. The van der Waals surface area contributed by atoms with E-state index in [1.54, 1.807) is 0 Å². The molecule has 26 heavy (non-hydrogen) atoms. The second-order valence-corrected chi connectivity index (χ2v) is 7.27. The van der Waals surface area contributed by atoms with Crippen molar-refractivity contribution < 1.29 is 18.0 Å². The Morgan fingerprint density at radius 2 is 1.88 bits per heavy atom. The van der Waals surface area contributed by atoms with E-state index in [2.05, 4.69) is 15.2 Å². The molecule has 2 fully saturated rings. The van der Waals surface area contributed by atoms with Crippen LogP contribution in [0, 0.1) is 5.41 Å². The minimum absolute atomic E-state index is 0. The summed E-state index contributed by atoms with van der Waals surface area (Å²) in [5.41, 5.74) is 0.353. The molecule has 0 unspecified atom stereocenters. The Labute approximate surface area is 170 Å². The molecule has 1 spiro atoms. The number of carbonyl (C=O) groups is 1. The van der Waals surface area contributed by atoms with Gasteiger partial charge >= 0.3 is 6.18 Å². The van der Waals surface area contributed by atoms with Crippen molar-refractivity contribution in [2.45, 2.75) is 51.6 Å². The summed E-state index contributed by atoms with van der Waals surface area (Å²) in [6.45, 7) is 2.90. The first-order valence-corrected chi connectivity index (χ1v) is 9.09. The van der Waals surface area contributed by atoms with E-state index in [9.17, 15) is 18.0 Å². The Kier molecular flexibility index (Phi) is 8.95. The summed E-state index contributed by atoms with van der Waals surface area (Å²) >= 11 is 0. The van der Waals surface area contributed by atoms with Gasteiger partial charge in [0.15, 0.2) is 5.96 Å². The predicted molar refractivity (Wildman–Crippen MR) is 107 cm³/mol. The van der Waals surface area contributed by atoms with E-state index in [0.29, 0.717) is 22.8 Å². The van der Waals surface area contributed by atoms with Gasteiger partial charge in [-0.3, -0.25) is 4.79 Å². The van der Waals surface area contributed by atoms with Gasteiger partial charge in [-0.2, -0.15) is 13.2 Å². The largest absolute Gasteiger partial charge is 0.406 e. The van der Waals surface area contributed by atoms with E-state index >= 15 is 0 Å². The van der Waals surface area contributed by atoms with Crippen LogP contribution in [-0.4, -0.2) is 67.6 Å². The van der Waals surface area contributed by atoms with E-state index in [4.69, 9.17) is 0 Å². The van der Waals surface area contributed by atoms with Gasteiger partial charge < -0.3 is 15.1 Å². The van der Waals surface area contributed by atoms with Gasteiger partial charge in [0, 0.05) is 26.7 Å². The molecule has 0 atom stereocenters. The van der Waals surface area contributed by atoms with Gasteiger partial charge in [-0.15, -0.1) is 24.0 Å². The number of aliphatic imine (C=N–C) groups is 1. The lowest BCUT2D eigenvalue weighted by molar-refractivity contribution is -0.157. The summed E-state index contributed by atoms with van der Waals surface area (Å²) in [4.78, 5) is 19.0. The van der Waals surface area contributed by atoms with Crippen LogP contribution in [0.5, 0.6) is 0 Å². The number of amides is 1. The average Bonchev–Trinajstić information content (AvgIpc) is 2.93. The Balaban J connectivity index is 0.00000338. The highest BCUT2D eigenvalue weighted by molar-refractivity contribution is 14.0. The zero-order valence-electron chi connectivity index (χ0n) is 15.6. The number of nitrogens with one attached hydrogen (secondary N) is 1. The van der Waals surface area contributed by atoms with Crippen LogP contribution in [0.25, 0.3) is 0 Å². The van der Waals surface area contributed by atoms with E-state index in [1.165, 1.54) is 32.1 Å². The number of hydrogen-bond donors (Lipinski definition) is 1. The number of nitrogens with zero attached hydrogens (tertiary/aromatic N) is 3. The number of likely N-dealkylation sites (N-methyl/N-ethyl adjacent to an activating group) is 1. The van der Waals surface area contributed by atoms with Crippen LogP contribution in [0.4, 0.5) is 13.2 Å². The molecule has 1 saturated carbocycles. The lowest BCUT2D eigenvalue weighted by Gasteiger charge is -2.33. The van der Waals surface area contributed by atoms with Gasteiger partial charge in [-0.1, -0.05) is 19.3 Å². The summed E-state index contributed by atoms with van der Waals surface area (Å²) in [5.74, 6) is 0.0120. The van der Waals surface area contributed by atoms with Gasteiger partial charge in [0.1, 0.15) is 13.1 Å². The van der Waals surface area contributed by atoms with E-state index in [0.717, 1.165) is 26.6 Å².